The van der Waals surface area contributed by atoms with Gasteiger partial charge >= 0.3 is 0 Å². The van der Waals surface area contributed by atoms with Crippen LogP contribution in [0.25, 0.3) is 11.4 Å². The Hall–Kier alpha value is -2.08. The zero-order chi connectivity index (χ0) is 11.7. The Bertz CT molecular complexity index is 507. The number of benzene rings is 1. The maximum Gasteiger partial charge on any atom is 0.255 e. The molecule has 0 aliphatic carbocycles. The maximum atomic E-state index is 9.29. The van der Waals surface area contributed by atoms with Crippen LogP contribution >= 0.6 is 0 Å². The summed E-state index contributed by atoms with van der Waals surface area (Å²) in [6.07, 6.45) is -0.841. The highest BCUT2D eigenvalue weighted by Gasteiger charge is 2.13. The molecule has 16 heavy (non-hydrogen) atoms. The first-order valence-corrected chi connectivity index (χ1v) is 4.62. The van der Waals surface area contributed by atoms with Gasteiger partial charge in [0.25, 0.3) is 5.89 Å². The normalized spacial score (nSPS) is 12.6. The van der Waals surface area contributed by atoms with Crippen LogP contribution in [0.4, 0.5) is 0 Å². The molecule has 0 amide bonds. The average Bonchev–Trinajstić information content (AvgIpc) is 2.71. The van der Waals surface area contributed by atoms with E-state index >= 15 is 0 Å². The van der Waals surface area contributed by atoms with Crippen LogP contribution in [0.1, 0.15) is 18.9 Å². The SMILES string of the molecule is C[C@H](O)c1nc(-c2ccc(O)c(O)c2)no1. The molecular formula is C10H10N2O4. The van der Waals surface area contributed by atoms with E-state index in [0.29, 0.717) is 5.56 Å². The van der Waals surface area contributed by atoms with Crippen LogP contribution in [0.5, 0.6) is 11.5 Å². The molecule has 6 nitrogen and oxygen atoms in total. The van der Waals surface area contributed by atoms with E-state index in [4.69, 9.17) is 9.63 Å². The summed E-state index contributed by atoms with van der Waals surface area (Å²) in [4.78, 5) is 3.93. The number of phenolic OH excluding ortho intramolecular Hbond substituents is 2. The van der Waals surface area contributed by atoms with Crippen molar-refractivity contribution in [2.45, 2.75) is 13.0 Å². The number of aliphatic hydroxyl groups is 1. The lowest BCUT2D eigenvalue weighted by Gasteiger charge is -1.98. The number of aromatic nitrogens is 2. The van der Waals surface area contributed by atoms with E-state index in [2.05, 4.69) is 10.1 Å². The number of phenols is 2. The van der Waals surface area contributed by atoms with Crippen LogP contribution in [0.15, 0.2) is 22.7 Å². The van der Waals surface area contributed by atoms with Gasteiger partial charge in [-0.25, -0.2) is 0 Å². The quantitative estimate of drug-likeness (QED) is 0.660. The van der Waals surface area contributed by atoms with Gasteiger partial charge in [-0.2, -0.15) is 4.98 Å². The van der Waals surface area contributed by atoms with Crippen LogP contribution in [0, 0.1) is 0 Å². The van der Waals surface area contributed by atoms with E-state index in [1.807, 2.05) is 0 Å². The fraction of sp³-hybridized carbons (Fsp3) is 0.200. The average molecular weight is 222 g/mol. The van der Waals surface area contributed by atoms with E-state index in [-0.39, 0.29) is 23.2 Å². The van der Waals surface area contributed by atoms with Gasteiger partial charge in [-0.15, -0.1) is 0 Å². The van der Waals surface area contributed by atoms with Crippen molar-refractivity contribution in [2.75, 3.05) is 0 Å². The van der Waals surface area contributed by atoms with Crippen molar-refractivity contribution >= 4 is 0 Å². The summed E-state index contributed by atoms with van der Waals surface area (Å²) < 4.78 is 4.80. The molecule has 1 heterocycles. The van der Waals surface area contributed by atoms with E-state index in [1.165, 1.54) is 25.1 Å². The zero-order valence-electron chi connectivity index (χ0n) is 8.45. The number of nitrogens with zero attached hydrogens (tertiary/aromatic N) is 2. The lowest BCUT2D eigenvalue weighted by molar-refractivity contribution is 0.152. The molecule has 1 aromatic heterocycles. The standard InChI is InChI=1S/C10H10N2O4/c1-5(13)10-11-9(12-16-10)6-2-3-7(14)8(15)4-6/h2-5,13-15H,1H3/t5-/m0/s1. The third-order valence-corrected chi connectivity index (χ3v) is 2.03. The third-order valence-electron chi connectivity index (χ3n) is 2.03. The summed E-state index contributed by atoms with van der Waals surface area (Å²) in [6, 6.07) is 4.17. The summed E-state index contributed by atoms with van der Waals surface area (Å²) in [5.74, 6) is -0.141. The second kappa shape index (κ2) is 3.82. The van der Waals surface area contributed by atoms with Crippen molar-refractivity contribution in [1.29, 1.82) is 0 Å². The Kier molecular flexibility index (Phi) is 2.49. The van der Waals surface area contributed by atoms with Crippen LogP contribution < -0.4 is 0 Å². The summed E-state index contributed by atoms with van der Waals surface area (Å²) in [6.45, 7) is 1.51. The number of rotatable bonds is 2. The van der Waals surface area contributed by atoms with Crippen LogP contribution in [0.2, 0.25) is 0 Å². The van der Waals surface area contributed by atoms with E-state index in [9.17, 15) is 10.2 Å². The molecule has 84 valence electrons. The highest BCUT2D eigenvalue weighted by Crippen LogP contribution is 2.29. The molecule has 0 fully saturated rings. The van der Waals surface area contributed by atoms with Crippen LogP contribution in [0.3, 0.4) is 0 Å². The fourth-order valence-corrected chi connectivity index (χ4v) is 1.18. The van der Waals surface area contributed by atoms with Crippen molar-refractivity contribution in [3.05, 3.63) is 24.1 Å². The molecule has 0 spiro atoms. The first-order valence-electron chi connectivity index (χ1n) is 4.62. The smallest absolute Gasteiger partial charge is 0.255 e. The molecule has 0 aliphatic heterocycles. The van der Waals surface area contributed by atoms with Crippen molar-refractivity contribution in [3.63, 3.8) is 0 Å². The van der Waals surface area contributed by atoms with Gasteiger partial charge in [0.1, 0.15) is 6.10 Å². The van der Waals surface area contributed by atoms with Crippen molar-refractivity contribution in [2.24, 2.45) is 0 Å². The van der Waals surface area contributed by atoms with Gasteiger partial charge in [-0.3, -0.25) is 0 Å². The minimum atomic E-state index is -0.841. The highest BCUT2D eigenvalue weighted by molar-refractivity contribution is 5.59. The topological polar surface area (TPSA) is 99.6 Å². The Balaban J connectivity index is 2.39. The van der Waals surface area contributed by atoms with Gasteiger partial charge in [0.2, 0.25) is 5.82 Å². The molecule has 0 radical (unpaired) electrons. The molecule has 0 saturated heterocycles. The number of aromatic hydroxyl groups is 2. The molecular weight excluding hydrogens is 212 g/mol. The molecule has 0 saturated carbocycles. The number of aliphatic hydroxyl groups excluding tert-OH is 1. The summed E-state index contributed by atoms with van der Waals surface area (Å²) >= 11 is 0. The van der Waals surface area contributed by atoms with Gasteiger partial charge < -0.3 is 19.8 Å². The van der Waals surface area contributed by atoms with Crippen molar-refractivity contribution in [1.82, 2.24) is 10.1 Å². The van der Waals surface area contributed by atoms with Gasteiger partial charge in [-0.1, -0.05) is 5.16 Å². The molecule has 2 aromatic rings. The Labute approximate surface area is 90.8 Å². The first-order chi connectivity index (χ1) is 7.58. The zero-order valence-corrected chi connectivity index (χ0v) is 8.45. The third kappa shape index (κ3) is 1.82. The van der Waals surface area contributed by atoms with Crippen molar-refractivity contribution < 1.29 is 19.8 Å². The Morgan fingerprint density at radius 3 is 2.56 bits per heavy atom. The molecule has 1 atom stereocenters. The van der Waals surface area contributed by atoms with Gasteiger partial charge in [0, 0.05) is 5.56 Å². The Morgan fingerprint density at radius 2 is 2.00 bits per heavy atom. The number of hydrogen-bond donors (Lipinski definition) is 3. The van der Waals surface area contributed by atoms with Gasteiger partial charge in [0.15, 0.2) is 11.5 Å². The molecule has 1 aromatic carbocycles. The van der Waals surface area contributed by atoms with Gasteiger partial charge in [-0.05, 0) is 25.1 Å². The van der Waals surface area contributed by atoms with E-state index in [0.717, 1.165) is 0 Å². The fourth-order valence-electron chi connectivity index (χ4n) is 1.18. The largest absolute Gasteiger partial charge is 0.504 e. The molecule has 2 rings (SSSR count). The predicted octanol–water partition coefficient (Wildman–Crippen LogP) is 1.20. The van der Waals surface area contributed by atoms with Crippen LogP contribution in [-0.2, 0) is 0 Å². The van der Waals surface area contributed by atoms with Crippen molar-refractivity contribution in [3.8, 4) is 22.9 Å². The van der Waals surface area contributed by atoms with Gasteiger partial charge in [0.05, 0.1) is 0 Å². The number of hydrogen-bond acceptors (Lipinski definition) is 6. The van der Waals surface area contributed by atoms with E-state index < -0.39 is 6.10 Å². The lowest BCUT2D eigenvalue weighted by atomic mass is 10.2. The summed E-state index contributed by atoms with van der Waals surface area (Å²) in [5, 5.41) is 31.3. The summed E-state index contributed by atoms with van der Waals surface area (Å²) in [5.41, 5.74) is 0.492. The lowest BCUT2D eigenvalue weighted by Crippen LogP contribution is -1.90. The Morgan fingerprint density at radius 1 is 1.25 bits per heavy atom. The van der Waals surface area contributed by atoms with E-state index in [1.54, 1.807) is 0 Å². The summed E-state index contributed by atoms with van der Waals surface area (Å²) in [7, 11) is 0. The van der Waals surface area contributed by atoms with Crippen LogP contribution in [-0.4, -0.2) is 25.5 Å². The first kappa shape index (κ1) is 10.4. The minimum Gasteiger partial charge on any atom is -0.504 e. The highest BCUT2D eigenvalue weighted by atomic mass is 16.5. The molecule has 0 aliphatic rings. The molecule has 6 heteroatoms. The maximum absolute atomic E-state index is 9.29. The molecule has 0 bridgehead atoms. The molecule has 3 N–H and O–H groups in total. The monoisotopic (exact) mass is 222 g/mol. The second-order valence-electron chi connectivity index (χ2n) is 3.34. The molecule has 0 unspecified atom stereocenters. The minimum absolute atomic E-state index is 0.0996. The second-order valence-corrected chi connectivity index (χ2v) is 3.34. The predicted molar refractivity (Wildman–Crippen MR) is 53.7 cm³/mol.